The number of fused-ring (bicyclic) bond motifs is 1. The lowest BCUT2D eigenvalue weighted by Gasteiger charge is -2.11. The standard InChI is InChI=1S/C26H20Br2N2O3/c1-32-24-14-20-10-6-5-9-19(20)13-21(24)26(31)30-29-15-18-11-22(27)25(23(28)12-18)33-16-17-7-3-2-4-8-17/h2-15H,16H2,1H3,(H,30,31)/b29-15-. The smallest absolute Gasteiger partial charge is 0.275 e. The maximum Gasteiger partial charge on any atom is 0.275 e. The highest BCUT2D eigenvalue weighted by Gasteiger charge is 2.13. The van der Waals surface area contributed by atoms with Gasteiger partial charge < -0.3 is 9.47 Å². The summed E-state index contributed by atoms with van der Waals surface area (Å²) in [6, 6.07) is 25.1. The van der Waals surface area contributed by atoms with Gasteiger partial charge in [-0.15, -0.1) is 0 Å². The van der Waals surface area contributed by atoms with Crippen molar-refractivity contribution >= 4 is 54.8 Å². The van der Waals surface area contributed by atoms with Crippen molar-refractivity contribution in [2.45, 2.75) is 6.61 Å². The SMILES string of the molecule is COc1cc2ccccc2cc1C(=O)N/N=C\c1cc(Br)c(OCc2ccccc2)c(Br)c1. The van der Waals surface area contributed by atoms with E-state index in [1.807, 2.05) is 72.8 Å². The molecular formula is C26H20Br2N2O3. The number of carbonyl (C=O) groups excluding carboxylic acids is 1. The fourth-order valence-electron chi connectivity index (χ4n) is 3.31. The van der Waals surface area contributed by atoms with Crippen LogP contribution in [-0.2, 0) is 6.61 Å². The topological polar surface area (TPSA) is 59.9 Å². The van der Waals surface area contributed by atoms with Crippen LogP contribution >= 0.6 is 31.9 Å². The van der Waals surface area contributed by atoms with Crippen LogP contribution in [0.2, 0.25) is 0 Å². The molecule has 1 N–H and O–H groups in total. The van der Waals surface area contributed by atoms with E-state index in [0.29, 0.717) is 23.7 Å². The Labute approximate surface area is 208 Å². The average molecular weight is 568 g/mol. The Bertz CT molecular complexity index is 1300. The Morgan fingerprint density at radius 3 is 2.24 bits per heavy atom. The molecule has 0 aliphatic heterocycles. The van der Waals surface area contributed by atoms with Gasteiger partial charge in [-0.3, -0.25) is 4.79 Å². The number of hydrazone groups is 1. The van der Waals surface area contributed by atoms with Crippen molar-refractivity contribution in [3.05, 3.63) is 104 Å². The molecule has 0 spiro atoms. The third-order valence-electron chi connectivity index (χ3n) is 4.94. The number of benzene rings is 4. The quantitative estimate of drug-likeness (QED) is 0.199. The first kappa shape index (κ1) is 23.0. The number of methoxy groups -OCH3 is 1. The van der Waals surface area contributed by atoms with Gasteiger partial charge in [-0.05, 0) is 78.0 Å². The van der Waals surface area contributed by atoms with Gasteiger partial charge in [0.2, 0.25) is 0 Å². The summed E-state index contributed by atoms with van der Waals surface area (Å²) < 4.78 is 12.9. The molecule has 4 aromatic carbocycles. The Kier molecular flexibility index (Phi) is 7.42. The highest BCUT2D eigenvalue weighted by atomic mass is 79.9. The van der Waals surface area contributed by atoms with E-state index >= 15 is 0 Å². The van der Waals surface area contributed by atoms with Crippen LogP contribution in [0.25, 0.3) is 10.8 Å². The Morgan fingerprint density at radius 2 is 1.58 bits per heavy atom. The summed E-state index contributed by atoms with van der Waals surface area (Å²) in [4.78, 5) is 12.7. The van der Waals surface area contributed by atoms with E-state index in [1.165, 1.54) is 0 Å². The van der Waals surface area contributed by atoms with Crippen LogP contribution in [-0.4, -0.2) is 19.2 Å². The number of carbonyl (C=O) groups is 1. The molecule has 0 saturated heterocycles. The van der Waals surface area contributed by atoms with Crippen LogP contribution in [0.1, 0.15) is 21.5 Å². The molecule has 0 aliphatic carbocycles. The number of halogens is 2. The summed E-state index contributed by atoms with van der Waals surface area (Å²) in [6.07, 6.45) is 1.57. The minimum atomic E-state index is -0.352. The van der Waals surface area contributed by atoms with Gasteiger partial charge in [-0.25, -0.2) is 5.43 Å². The fourth-order valence-corrected chi connectivity index (χ4v) is 4.76. The van der Waals surface area contributed by atoms with Crippen molar-refractivity contribution in [1.29, 1.82) is 0 Å². The molecule has 0 atom stereocenters. The van der Waals surface area contributed by atoms with Crippen molar-refractivity contribution in [2.75, 3.05) is 7.11 Å². The molecule has 0 unspecified atom stereocenters. The molecule has 0 heterocycles. The van der Waals surface area contributed by atoms with Crippen LogP contribution in [0.3, 0.4) is 0 Å². The molecule has 0 saturated carbocycles. The maximum atomic E-state index is 12.7. The minimum absolute atomic E-state index is 0.352. The summed E-state index contributed by atoms with van der Waals surface area (Å²) >= 11 is 7.10. The molecule has 0 aliphatic rings. The lowest BCUT2D eigenvalue weighted by atomic mass is 10.1. The van der Waals surface area contributed by atoms with Crippen LogP contribution in [0, 0.1) is 0 Å². The summed E-state index contributed by atoms with van der Waals surface area (Å²) in [5.41, 5.74) is 4.85. The molecular weight excluding hydrogens is 548 g/mol. The maximum absolute atomic E-state index is 12.7. The zero-order valence-electron chi connectivity index (χ0n) is 17.7. The van der Waals surface area contributed by atoms with E-state index in [9.17, 15) is 4.79 Å². The third kappa shape index (κ3) is 5.61. The number of hydrogen-bond donors (Lipinski definition) is 1. The number of ether oxygens (including phenoxy) is 2. The van der Waals surface area contributed by atoms with E-state index in [1.54, 1.807) is 19.4 Å². The predicted molar refractivity (Wildman–Crippen MR) is 138 cm³/mol. The van der Waals surface area contributed by atoms with E-state index in [4.69, 9.17) is 9.47 Å². The molecule has 33 heavy (non-hydrogen) atoms. The normalized spacial score (nSPS) is 11.0. The summed E-state index contributed by atoms with van der Waals surface area (Å²) in [7, 11) is 1.54. The largest absolute Gasteiger partial charge is 0.496 e. The van der Waals surface area contributed by atoms with Gasteiger partial charge >= 0.3 is 0 Å². The number of hydrogen-bond acceptors (Lipinski definition) is 4. The first-order chi connectivity index (χ1) is 16.0. The summed E-state index contributed by atoms with van der Waals surface area (Å²) in [5.74, 6) is 0.836. The van der Waals surface area contributed by atoms with Gasteiger partial charge in [0.25, 0.3) is 5.91 Å². The van der Waals surface area contributed by atoms with Gasteiger partial charge in [-0.2, -0.15) is 5.10 Å². The molecule has 0 aromatic heterocycles. The Hall–Kier alpha value is -3.16. The summed E-state index contributed by atoms with van der Waals surface area (Å²) in [6.45, 7) is 0.453. The monoisotopic (exact) mass is 566 g/mol. The fraction of sp³-hybridized carbons (Fsp3) is 0.0769. The summed E-state index contributed by atoms with van der Waals surface area (Å²) in [5, 5.41) is 6.07. The second-order valence-electron chi connectivity index (χ2n) is 7.19. The van der Waals surface area contributed by atoms with Crippen LogP contribution < -0.4 is 14.9 Å². The van der Waals surface area contributed by atoms with Crippen molar-refractivity contribution in [3.63, 3.8) is 0 Å². The Morgan fingerprint density at radius 1 is 0.939 bits per heavy atom. The lowest BCUT2D eigenvalue weighted by molar-refractivity contribution is 0.0952. The number of nitrogens with zero attached hydrogens (tertiary/aromatic N) is 1. The molecule has 4 aromatic rings. The minimum Gasteiger partial charge on any atom is -0.496 e. The number of rotatable bonds is 7. The van der Waals surface area contributed by atoms with Gasteiger partial charge in [0.05, 0.1) is 27.8 Å². The van der Waals surface area contributed by atoms with Gasteiger partial charge in [0, 0.05) is 0 Å². The second kappa shape index (κ2) is 10.6. The number of amides is 1. The van der Waals surface area contributed by atoms with Crippen molar-refractivity contribution in [1.82, 2.24) is 5.43 Å². The average Bonchev–Trinajstić information content (AvgIpc) is 2.83. The van der Waals surface area contributed by atoms with E-state index in [-0.39, 0.29) is 5.91 Å². The van der Waals surface area contributed by atoms with Crippen LogP contribution in [0.4, 0.5) is 0 Å². The van der Waals surface area contributed by atoms with E-state index in [2.05, 4.69) is 42.4 Å². The van der Waals surface area contributed by atoms with Crippen LogP contribution in [0.5, 0.6) is 11.5 Å². The van der Waals surface area contributed by atoms with E-state index in [0.717, 1.165) is 30.8 Å². The lowest BCUT2D eigenvalue weighted by Crippen LogP contribution is -2.18. The third-order valence-corrected chi connectivity index (χ3v) is 6.12. The molecule has 0 bridgehead atoms. The predicted octanol–water partition coefficient (Wildman–Crippen LogP) is 6.72. The molecule has 1 amide bonds. The highest BCUT2D eigenvalue weighted by molar-refractivity contribution is 9.11. The van der Waals surface area contributed by atoms with Crippen molar-refractivity contribution in [3.8, 4) is 11.5 Å². The van der Waals surface area contributed by atoms with Crippen LogP contribution in [0.15, 0.2) is 92.9 Å². The molecule has 0 radical (unpaired) electrons. The van der Waals surface area contributed by atoms with Gasteiger partial charge in [-0.1, -0.05) is 54.6 Å². The highest BCUT2D eigenvalue weighted by Crippen LogP contribution is 2.35. The zero-order valence-corrected chi connectivity index (χ0v) is 20.9. The molecule has 4 rings (SSSR count). The first-order valence-corrected chi connectivity index (χ1v) is 11.7. The van der Waals surface area contributed by atoms with Gasteiger partial charge in [0.15, 0.2) is 0 Å². The first-order valence-electron chi connectivity index (χ1n) is 10.1. The molecule has 0 fully saturated rings. The van der Waals surface area contributed by atoms with Crippen molar-refractivity contribution < 1.29 is 14.3 Å². The molecule has 7 heteroatoms. The zero-order chi connectivity index (χ0) is 23.2. The molecule has 5 nitrogen and oxygen atoms in total. The number of nitrogens with one attached hydrogen (secondary N) is 1. The second-order valence-corrected chi connectivity index (χ2v) is 8.90. The Balaban J connectivity index is 1.46. The van der Waals surface area contributed by atoms with Gasteiger partial charge in [0.1, 0.15) is 18.1 Å². The van der Waals surface area contributed by atoms with Crippen molar-refractivity contribution in [2.24, 2.45) is 5.10 Å². The molecule has 166 valence electrons. The van der Waals surface area contributed by atoms with E-state index < -0.39 is 0 Å².